The molecule has 1 aromatic heterocycles. The maximum atomic E-state index is 15.0. The standard InChI is InChI=1S/C21H23ClF3N5O2.ClH/c22-12-5-13(23)20(32-9-16-14(6-17(24)25)27-29-28-16)19-11(12)1-4-26-15(19)8-30-10-21(2-3-21)7-18(30)31;/h5,15,17,26H,1-4,6-10H2,(H,27,28,29);1H/t15-;/m1./s1. The van der Waals surface area contributed by atoms with Crippen molar-refractivity contribution in [2.24, 2.45) is 5.41 Å². The van der Waals surface area contributed by atoms with Crippen LogP contribution in [0.25, 0.3) is 0 Å². The lowest BCUT2D eigenvalue weighted by atomic mass is 9.92. The van der Waals surface area contributed by atoms with E-state index in [1.165, 1.54) is 6.07 Å². The average Bonchev–Trinajstić information content (AvgIpc) is 3.22. The van der Waals surface area contributed by atoms with Gasteiger partial charge >= 0.3 is 0 Å². The number of amides is 1. The highest BCUT2D eigenvalue weighted by atomic mass is 35.5. The number of aromatic nitrogens is 3. The molecule has 1 amide bonds. The summed E-state index contributed by atoms with van der Waals surface area (Å²) in [5.41, 5.74) is 1.81. The van der Waals surface area contributed by atoms with E-state index < -0.39 is 18.7 Å². The molecule has 2 aromatic rings. The van der Waals surface area contributed by atoms with Gasteiger partial charge in [0.15, 0.2) is 11.6 Å². The molecule has 2 aliphatic heterocycles. The van der Waals surface area contributed by atoms with Crippen LogP contribution in [-0.2, 0) is 24.2 Å². The van der Waals surface area contributed by atoms with Gasteiger partial charge < -0.3 is 15.0 Å². The van der Waals surface area contributed by atoms with Gasteiger partial charge in [0.2, 0.25) is 12.3 Å². The monoisotopic (exact) mass is 505 g/mol. The Hall–Kier alpha value is -2.04. The van der Waals surface area contributed by atoms with Crippen LogP contribution >= 0.6 is 24.0 Å². The number of aromatic amines is 1. The maximum Gasteiger partial charge on any atom is 0.244 e. The van der Waals surface area contributed by atoms with Crippen molar-refractivity contribution >= 4 is 29.9 Å². The molecule has 1 aliphatic carbocycles. The Morgan fingerprint density at radius 1 is 1.36 bits per heavy atom. The highest BCUT2D eigenvalue weighted by Gasteiger charge is 2.52. The summed E-state index contributed by atoms with van der Waals surface area (Å²) < 4.78 is 46.3. The Balaban J connectivity index is 0.00000259. The zero-order valence-corrected chi connectivity index (χ0v) is 19.2. The summed E-state index contributed by atoms with van der Waals surface area (Å²) in [6, 6.07) is 0.860. The molecule has 0 radical (unpaired) electrons. The molecule has 3 aliphatic rings. The Morgan fingerprint density at radius 2 is 2.15 bits per heavy atom. The molecular formula is C21H24Cl2F3N5O2. The minimum Gasteiger partial charge on any atom is -0.484 e. The van der Waals surface area contributed by atoms with Gasteiger partial charge in [0.25, 0.3) is 0 Å². The molecule has 0 bridgehead atoms. The predicted molar refractivity (Wildman–Crippen MR) is 116 cm³/mol. The van der Waals surface area contributed by atoms with E-state index in [4.69, 9.17) is 16.3 Å². The molecule has 5 rings (SSSR count). The van der Waals surface area contributed by atoms with Gasteiger partial charge in [-0.1, -0.05) is 16.8 Å². The van der Waals surface area contributed by atoms with Crippen LogP contribution in [-0.4, -0.2) is 52.3 Å². The van der Waals surface area contributed by atoms with Crippen molar-refractivity contribution in [2.45, 2.75) is 51.2 Å². The molecule has 3 heterocycles. The third kappa shape index (κ3) is 4.79. The van der Waals surface area contributed by atoms with Crippen molar-refractivity contribution in [1.29, 1.82) is 0 Å². The van der Waals surface area contributed by atoms with Crippen LogP contribution in [0, 0.1) is 11.2 Å². The first-order chi connectivity index (χ1) is 15.3. The lowest BCUT2D eigenvalue weighted by Crippen LogP contribution is -2.40. The Morgan fingerprint density at radius 3 is 2.85 bits per heavy atom. The first-order valence-electron chi connectivity index (χ1n) is 10.7. The molecule has 33 heavy (non-hydrogen) atoms. The number of hydrogen-bond donors (Lipinski definition) is 2. The third-order valence-electron chi connectivity index (χ3n) is 6.62. The summed E-state index contributed by atoms with van der Waals surface area (Å²) in [5.74, 6) is -0.534. The Kier molecular flexibility index (Phi) is 6.80. The molecular weight excluding hydrogens is 482 g/mol. The summed E-state index contributed by atoms with van der Waals surface area (Å²) in [5, 5.41) is 13.5. The van der Waals surface area contributed by atoms with Crippen LogP contribution in [0.2, 0.25) is 5.02 Å². The van der Waals surface area contributed by atoms with Crippen LogP contribution in [0.15, 0.2) is 6.07 Å². The van der Waals surface area contributed by atoms with Crippen LogP contribution < -0.4 is 10.1 Å². The summed E-state index contributed by atoms with van der Waals surface area (Å²) in [6.45, 7) is 1.53. The molecule has 7 nitrogen and oxygen atoms in total. The predicted octanol–water partition coefficient (Wildman–Crippen LogP) is 3.60. The number of rotatable bonds is 7. The summed E-state index contributed by atoms with van der Waals surface area (Å²) in [4.78, 5) is 14.4. The van der Waals surface area contributed by atoms with Crippen molar-refractivity contribution in [3.63, 3.8) is 0 Å². The number of likely N-dealkylation sites (tertiary alicyclic amines) is 1. The van der Waals surface area contributed by atoms with Gasteiger partial charge in [0.1, 0.15) is 12.3 Å². The Labute approximate surface area is 199 Å². The topological polar surface area (TPSA) is 83.1 Å². The summed E-state index contributed by atoms with van der Waals surface area (Å²) in [6.07, 6.45) is 0.168. The minimum atomic E-state index is -2.57. The number of carbonyl (C=O) groups is 1. The molecule has 1 aromatic carbocycles. The Bertz CT molecular complexity index is 1050. The van der Waals surface area contributed by atoms with Gasteiger partial charge in [-0.25, -0.2) is 13.2 Å². The number of ether oxygens (including phenoxy) is 1. The number of hydrogen-bond acceptors (Lipinski definition) is 5. The first-order valence-corrected chi connectivity index (χ1v) is 11.0. The lowest BCUT2D eigenvalue weighted by molar-refractivity contribution is -0.128. The van der Waals surface area contributed by atoms with Crippen molar-refractivity contribution in [2.75, 3.05) is 19.6 Å². The van der Waals surface area contributed by atoms with E-state index in [1.54, 1.807) is 0 Å². The lowest BCUT2D eigenvalue weighted by Gasteiger charge is -2.32. The van der Waals surface area contributed by atoms with E-state index in [-0.39, 0.29) is 53.5 Å². The minimum absolute atomic E-state index is 0. The second kappa shape index (κ2) is 9.31. The number of carbonyl (C=O) groups excluding carboxylic acids is 1. The smallest absolute Gasteiger partial charge is 0.244 e. The van der Waals surface area contributed by atoms with Crippen molar-refractivity contribution in [3.8, 4) is 5.75 Å². The number of halogens is 5. The first kappa shape index (κ1) is 24.1. The number of alkyl halides is 2. The maximum absolute atomic E-state index is 15.0. The molecule has 1 saturated heterocycles. The van der Waals surface area contributed by atoms with E-state index in [2.05, 4.69) is 20.7 Å². The highest BCUT2D eigenvalue weighted by Crippen LogP contribution is 2.53. The van der Waals surface area contributed by atoms with E-state index in [0.717, 1.165) is 18.4 Å². The second-order valence-corrected chi connectivity index (χ2v) is 9.30. The summed E-state index contributed by atoms with van der Waals surface area (Å²) >= 11 is 6.35. The van der Waals surface area contributed by atoms with Crippen molar-refractivity contribution < 1.29 is 22.7 Å². The third-order valence-corrected chi connectivity index (χ3v) is 6.96. The van der Waals surface area contributed by atoms with Crippen LogP contribution in [0.5, 0.6) is 5.75 Å². The van der Waals surface area contributed by atoms with E-state index in [1.807, 2.05) is 4.90 Å². The SMILES string of the molecule is Cl.O=C1CC2(CC2)CN1C[C@H]1NCCc2c(Cl)cc(F)c(OCc3nn[nH]c3CC(F)F)c21. The van der Waals surface area contributed by atoms with Gasteiger partial charge in [-0.05, 0) is 42.9 Å². The molecule has 1 saturated carbocycles. The van der Waals surface area contributed by atoms with E-state index >= 15 is 0 Å². The molecule has 12 heteroatoms. The fraction of sp³-hybridized carbons (Fsp3) is 0.571. The second-order valence-electron chi connectivity index (χ2n) is 8.89. The fourth-order valence-corrected chi connectivity index (χ4v) is 5.07. The van der Waals surface area contributed by atoms with Crippen molar-refractivity contribution in [3.05, 3.63) is 39.4 Å². The normalized spacial score (nSPS) is 20.8. The van der Waals surface area contributed by atoms with Gasteiger partial charge in [-0.15, -0.1) is 17.5 Å². The van der Waals surface area contributed by atoms with Gasteiger partial charge in [0, 0.05) is 30.1 Å². The number of H-pyrrole nitrogens is 1. The zero-order valence-electron chi connectivity index (χ0n) is 17.7. The molecule has 0 unspecified atom stereocenters. The van der Waals surface area contributed by atoms with E-state index in [9.17, 15) is 18.0 Å². The number of nitrogens with one attached hydrogen (secondary N) is 2. The van der Waals surface area contributed by atoms with Gasteiger partial charge in [-0.3, -0.25) is 9.89 Å². The van der Waals surface area contributed by atoms with E-state index in [0.29, 0.717) is 43.1 Å². The highest BCUT2D eigenvalue weighted by molar-refractivity contribution is 6.31. The quantitative estimate of drug-likeness (QED) is 0.600. The number of benzene rings is 1. The fourth-order valence-electron chi connectivity index (χ4n) is 4.78. The molecule has 1 spiro atoms. The molecule has 2 fully saturated rings. The van der Waals surface area contributed by atoms with Crippen LogP contribution in [0.1, 0.15) is 47.8 Å². The van der Waals surface area contributed by atoms with Gasteiger partial charge in [-0.2, -0.15) is 0 Å². The number of fused-ring (bicyclic) bond motifs is 1. The molecule has 1 atom stereocenters. The zero-order chi connectivity index (χ0) is 22.5. The largest absolute Gasteiger partial charge is 0.484 e. The van der Waals surface area contributed by atoms with Crippen LogP contribution in [0.3, 0.4) is 0 Å². The van der Waals surface area contributed by atoms with Gasteiger partial charge in [0.05, 0.1) is 18.2 Å². The molecule has 180 valence electrons. The molecule has 2 N–H and O–H groups in total. The van der Waals surface area contributed by atoms with Crippen LogP contribution in [0.4, 0.5) is 13.2 Å². The summed E-state index contributed by atoms with van der Waals surface area (Å²) in [7, 11) is 0. The average molecular weight is 506 g/mol. The number of nitrogens with zero attached hydrogens (tertiary/aromatic N) is 3. The van der Waals surface area contributed by atoms with Crippen molar-refractivity contribution in [1.82, 2.24) is 25.6 Å².